The largest absolute Gasteiger partial charge is 0.381 e. The van der Waals surface area contributed by atoms with Gasteiger partial charge in [-0.1, -0.05) is 49.7 Å². The van der Waals surface area contributed by atoms with Crippen LogP contribution in [0, 0.1) is 0 Å². The summed E-state index contributed by atoms with van der Waals surface area (Å²) in [6, 6.07) is 11.9. The second-order valence-corrected chi connectivity index (χ2v) is 8.30. The van der Waals surface area contributed by atoms with Gasteiger partial charge in [0.05, 0.1) is 0 Å². The summed E-state index contributed by atoms with van der Waals surface area (Å²) >= 11 is 6.07. The minimum atomic E-state index is -0.772. The van der Waals surface area contributed by atoms with Crippen molar-refractivity contribution in [2.24, 2.45) is 0 Å². The molecular formula is C24H26ClNO3. The monoisotopic (exact) mass is 411 g/mol. The molecule has 5 heteroatoms. The van der Waals surface area contributed by atoms with Gasteiger partial charge in [-0.25, -0.2) is 0 Å². The Bertz CT molecular complexity index is 945. The van der Waals surface area contributed by atoms with Crippen molar-refractivity contribution in [3.05, 3.63) is 58.1 Å². The molecule has 2 aromatic carbocycles. The molecule has 4 nitrogen and oxygen atoms in total. The maximum atomic E-state index is 13.6. The van der Waals surface area contributed by atoms with Crippen molar-refractivity contribution >= 4 is 23.3 Å². The van der Waals surface area contributed by atoms with Crippen LogP contribution in [0.4, 0.5) is 0 Å². The molecular weight excluding hydrogens is 386 g/mol. The molecule has 0 bridgehead atoms. The van der Waals surface area contributed by atoms with Gasteiger partial charge in [0.25, 0.3) is 0 Å². The van der Waals surface area contributed by atoms with Gasteiger partial charge >= 0.3 is 0 Å². The molecule has 2 saturated heterocycles. The van der Waals surface area contributed by atoms with Crippen LogP contribution >= 0.6 is 11.6 Å². The standard InChI is InChI=1S/C24H26ClNO3/c1-3-15-7-10-19(16-5-8-17(25)9-6-16)18(4-2)20(15)21-22(27)24(26-23(21)28)11-13-29-14-12-24/h5-10,21H,3-4,11-14H2,1-2H3,(H,26,28). The highest BCUT2D eigenvalue weighted by Crippen LogP contribution is 2.41. The molecule has 1 unspecified atom stereocenters. The van der Waals surface area contributed by atoms with Crippen molar-refractivity contribution in [1.29, 1.82) is 0 Å². The number of halogens is 1. The molecule has 1 spiro atoms. The summed E-state index contributed by atoms with van der Waals surface area (Å²) in [6.07, 6.45) is 2.62. The Morgan fingerprint density at radius 3 is 2.34 bits per heavy atom. The molecule has 0 radical (unpaired) electrons. The second kappa shape index (κ2) is 7.92. The number of aryl methyl sites for hydroxylation is 1. The quantitative estimate of drug-likeness (QED) is 0.755. The third-order valence-electron chi connectivity index (χ3n) is 6.33. The van der Waals surface area contributed by atoms with Crippen molar-refractivity contribution in [1.82, 2.24) is 5.32 Å². The summed E-state index contributed by atoms with van der Waals surface area (Å²) in [6.45, 7) is 5.16. The molecule has 0 saturated carbocycles. The minimum absolute atomic E-state index is 0.00320. The first kappa shape index (κ1) is 20.1. The van der Waals surface area contributed by atoms with Crippen molar-refractivity contribution < 1.29 is 14.3 Å². The number of carbonyl (C=O) groups excluding carboxylic acids is 2. The van der Waals surface area contributed by atoms with E-state index in [-0.39, 0.29) is 11.7 Å². The number of hydrogen-bond donors (Lipinski definition) is 1. The van der Waals surface area contributed by atoms with Gasteiger partial charge in [0, 0.05) is 31.1 Å². The first-order valence-corrected chi connectivity index (χ1v) is 10.7. The Balaban J connectivity index is 1.86. The van der Waals surface area contributed by atoms with E-state index in [0.717, 1.165) is 40.7 Å². The maximum absolute atomic E-state index is 13.6. The molecule has 4 rings (SSSR count). The van der Waals surface area contributed by atoms with Gasteiger partial charge in [0.2, 0.25) is 5.91 Å². The summed E-state index contributed by atoms with van der Waals surface area (Å²) in [5.41, 5.74) is 4.37. The van der Waals surface area contributed by atoms with Crippen LogP contribution in [0.2, 0.25) is 5.02 Å². The van der Waals surface area contributed by atoms with E-state index in [0.29, 0.717) is 31.1 Å². The Morgan fingerprint density at radius 2 is 1.72 bits per heavy atom. The fourth-order valence-electron chi connectivity index (χ4n) is 4.78. The normalized spacial score (nSPS) is 20.9. The van der Waals surface area contributed by atoms with E-state index in [4.69, 9.17) is 16.3 Å². The zero-order chi connectivity index (χ0) is 20.6. The number of benzene rings is 2. The highest BCUT2D eigenvalue weighted by Gasteiger charge is 2.54. The van der Waals surface area contributed by atoms with Gasteiger partial charge in [-0.05, 0) is 52.8 Å². The number of rotatable bonds is 4. The Hall–Kier alpha value is -2.17. The number of Topliss-reactive ketones (excluding diaryl/α,β-unsaturated/α-hetero) is 1. The highest BCUT2D eigenvalue weighted by atomic mass is 35.5. The van der Waals surface area contributed by atoms with E-state index in [1.807, 2.05) is 24.3 Å². The predicted octanol–water partition coefficient (Wildman–Crippen LogP) is 4.46. The minimum Gasteiger partial charge on any atom is -0.381 e. The number of carbonyl (C=O) groups is 2. The van der Waals surface area contributed by atoms with Crippen molar-refractivity contribution in [3.63, 3.8) is 0 Å². The van der Waals surface area contributed by atoms with E-state index in [1.165, 1.54) is 0 Å². The van der Waals surface area contributed by atoms with Crippen LogP contribution in [0.1, 0.15) is 49.3 Å². The lowest BCUT2D eigenvalue weighted by Gasteiger charge is -2.31. The molecule has 1 N–H and O–H groups in total. The van der Waals surface area contributed by atoms with Crippen LogP contribution in [0.25, 0.3) is 11.1 Å². The lowest BCUT2D eigenvalue weighted by molar-refractivity contribution is -0.127. The Labute approximate surface area is 176 Å². The Kier molecular flexibility index (Phi) is 5.50. The van der Waals surface area contributed by atoms with Crippen LogP contribution in [-0.4, -0.2) is 30.4 Å². The molecule has 2 aliphatic heterocycles. The molecule has 2 fully saturated rings. The lowest BCUT2D eigenvalue weighted by atomic mass is 9.77. The zero-order valence-corrected chi connectivity index (χ0v) is 17.6. The average Bonchev–Trinajstić information content (AvgIpc) is 2.97. The van der Waals surface area contributed by atoms with Gasteiger partial charge in [-0.2, -0.15) is 0 Å². The van der Waals surface area contributed by atoms with Gasteiger partial charge < -0.3 is 10.1 Å². The summed E-state index contributed by atoms with van der Waals surface area (Å²) < 4.78 is 5.44. The Morgan fingerprint density at radius 1 is 1.03 bits per heavy atom. The van der Waals surface area contributed by atoms with E-state index in [9.17, 15) is 9.59 Å². The summed E-state index contributed by atoms with van der Waals surface area (Å²) in [5, 5.41) is 3.74. The van der Waals surface area contributed by atoms with Gasteiger partial charge in [-0.3, -0.25) is 9.59 Å². The van der Waals surface area contributed by atoms with Crippen LogP contribution in [0.5, 0.6) is 0 Å². The fourth-order valence-corrected chi connectivity index (χ4v) is 4.91. The molecule has 2 heterocycles. The first-order chi connectivity index (χ1) is 14.0. The molecule has 2 aromatic rings. The summed E-state index contributed by atoms with van der Waals surface area (Å²) in [7, 11) is 0. The SMILES string of the molecule is CCc1ccc(-c2ccc(Cl)cc2)c(CC)c1C1C(=O)NC2(CCOCC2)C1=O. The molecule has 2 aliphatic rings. The number of amides is 1. The molecule has 0 aliphatic carbocycles. The smallest absolute Gasteiger partial charge is 0.235 e. The van der Waals surface area contributed by atoms with Gasteiger partial charge in [0.15, 0.2) is 5.78 Å². The van der Waals surface area contributed by atoms with Crippen LogP contribution < -0.4 is 5.32 Å². The molecule has 152 valence electrons. The number of ketones is 1. The van der Waals surface area contributed by atoms with Gasteiger partial charge in [-0.15, -0.1) is 0 Å². The van der Waals surface area contributed by atoms with E-state index in [2.05, 4.69) is 31.3 Å². The zero-order valence-electron chi connectivity index (χ0n) is 16.9. The number of hydrogen-bond acceptors (Lipinski definition) is 3. The van der Waals surface area contributed by atoms with E-state index >= 15 is 0 Å². The maximum Gasteiger partial charge on any atom is 0.235 e. The van der Waals surface area contributed by atoms with Gasteiger partial charge in [0.1, 0.15) is 11.5 Å². The number of ether oxygens (including phenoxy) is 1. The summed E-state index contributed by atoms with van der Waals surface area (Å²) in [5.74, 6) is -0.914. The fraction of sp³-hybridized carbons (Fsp3) is 0.417. The van der Waals surface area contributed by atoms with Crippen molar-refractivity contribution in [2.75, 3.05) is 13.2 Å². The third kappa shape index (κ3) is 3.38. The highest BCUT2D eigenvalue weighted by molar-refractivity contribution is 6.30. The second-order valence-electron chi connectivity index (χ2n) is 7.86. The third-order valence-corrected chi connectivity index (χ3v) is 6.58. The van der Waals surface area contributed by atoms with E-state index < -0.39 is 11.5 Å². The molecule has 1 amide bonds. The number of nitrogens with one attached hydrogen (secondary N) is 1. The topological polar surface area (TPSA) is 55.4 Å². The van der Waals surface area contributed by atoms with Crippen LogP contribution in [0.15, 0.2) is 36.4 Å². The van der Waals surface area contributed by atoms with Crippen LogP contribution in [0.3, 0.4) is 0 Å². The average molecular weight is 412 g/mol. The van der Waals surface area contributed by atoms with E-state index in [1.54, 1.807) is 0 Å². The van der Waals surface area contributed by atoms with Crippen molar-refractivity contribution in [3.8, 4) is 11.1 Å². The molecule has 0 aromatic heterocycles. The lowest BCUT2D eigenvalue weighted by Crippen LogP contribution is -2.50. The first-order valence-electron chi connectivity index (χ1n) is 10.4. The molecule has 1 atom stereocenters. The predicted molar refractivity (Wildman–Crippen MR) is 114 cm³/mol. The summed E-state index contributed by atoms with van der Waals surface area (Å²) in [4.78, 5) is 26.7. The van der Waals surface area contributed by atoms with Crippen molar-refractivity contribution in [2.45, 2.75) is 51.0 Å². The molecule has 29 heavy (non-hydrogen) atoms. The van der Waals surface area contributed by atoms with Crippen LogP contribution in [-0.2, 0) is 27.2 Å².